The first kappa shape index (κ1) is 26.0. The van der Waals surface area contributed by atoms with Crippen LogP contribution >= 0.6 is 0 Å². The highest BCUT2D eigenvalue weighted by Gasteiger charge is 2.50. The van der Waals surface area contributed by atoms with Gasteiger partial charge in [0.2, 0.25) is 11.8 Å². The molecule has 3 amide bonds. The average molecular weight is 541 g/mol. The number of piperazine rings is 1. The molecule has 0 radical (unpaired) electrons. The summed E-state index contributed by atoms with van der Waals surface area (Å²) in [4.78, 5) is 42.8. The van der Waals surface area contributed by atoms with Crippen LogP contribution in [-0.4, -0.2) is 84.5 Å². The number of sulfonamides is 1. The number of benzene rings is 2. The lowest BCUT2D eigenvalue weighted by molar-refractivity contribution is -0.152. The second-order valence-corrected chi connectivity index (χ2v) is 12.1. The minimum Gasteiger partial charge on any atom is -0.370 e. The van der Waals surface area contributed by atoms with Crippen LogP contribution in [0.3, 0.4) is 0 Å². The van der Waals surface area contributed by atoms with Crippen LogP contribution < -0.4 is 11.1 Å². The van der Waals surface area contributed by atoms with Gasteiger partial charge in [-0.15, -0.1) is 0 Å². The minimum atomic E-state index is -4.40. The number of amides is 3. The molecular weight excluding hydrogens is 508 g/mol. The molecule has 1 saturated carbocycles. The SMILES string of the molecule is N=C(N)N1CCC[C@@H](CNC(=O)C[C@H]2C(=O)N(C3CC3)CC(=O)N2S(=O)(=O)c2ccc3ccccc3c2)C1. The Hall–Kier alpha value is -3.67. The highest BCUT2D eigenvalue weighted by Crippen LogP contribution is 2.33. The number of carbonyl (C=O) groups is 3. The van der Waals surface area contributed by atoms with E-state index in [0.29, 0.717) is 29.3 Å². The monoisotopic (exact) mass is 540 g/mol. The molecule has 2 aliphatic heterocycles. The molecule has 3 aliphatic rings. The van der Waals surface area contributed by atoms with Crippen molar-refractivity contribution in [1.29, 1.82) is 5.41 Å². The summed E-state index contributed by atoms with van der Waals surface area (Å²) in [6.07, 6.45) is 2.74. The van der Waals surface area contributed by atoms with Crippen molar-refractivity contribution in [2.24, 2.45) is 11.7 Å². The summed E-state index contributed by atoms with van der Waals surface area (Å²) in [6.45, 7) is 1.21. The van der Waals surface area contributed by atoms with E-state index in [2.05, 4.69) is 5.32 Å². The summed E-state index contributed by atoms with van der Waals surface area (Å²) in [5, 5.41) is 12.0. The van der Waals surface area contributed by atoms with E-state index in [0.717, 1.165) is 31.1 Å². The van der Waals surface area contributed by atoms with Crippen molar-refractivity contribution in [2.75, 3.05) is 26.2 Å². The maximum atomic E-state index is 13.7. The summed E-state index contributed by atoms with van der Waals surface area (Å²) < 4.78 is 28.1. The number of piperidine rings is 1. The van der Waals surface area contributed by atoms with Gasteiger partial charge in [0.1, 0.15) is 12.6 Å². The molecule has 2 aromatic rings. The molecule has 202 valence electrons. The Kier molecular flexibility index (Phi) is 6.99. The Labute approximate surface area is 221 Å². The fourth-order valence-corrected chi connectivity index (χ4v) is 6.89. The van der Waals surface area contributed by atoms with Crippen molar-refractivity contribution in [3.8, 4) is 0 Å². The number of nitrogens with one attached hydrogen (secondary N) is 2. The molecule has 2 saturated heterocycles. The lowest BCUT2D eigenvalue weighted by Crippen LogP contribution is -2.62. The van der Waals surface area contributed by atoms with E-state index in [9.17, 15) is 22.8 Å². The van der Waals surface area contributed by atoms with Crippen molar-refractivity contribution in [2.45, 2.75) is 49.1 Å². The van der Waals surface area contributed by atoms with Crippen LogP contribution in [0, 0.1) is 11.3 Å². The summed E-state index contributed by atoms with van der Waals surface area (Å²) >= 11 is 0. The third-order valence-corrected chi connectivity index (χ3v) is 9.32. The van der Waals surface area contributed by atoms with Gasteiger partial charge in [-0.1, -0.05) is 30.3 Å². The molecular formula is C26H32N6O5S. The zero-order valence-electron chi connectivity index (χ0n) is 21.0. The first-order chi connectivity index (χ1) is 18.1. The van der Waals surface area contributed by atoms with Gasteiger partial charge in [-0.25, -0.2) is 12.7 Å². The number of fused-ring (bicyclic) bond motifs is 1. The molecule has 1 aliphatic carbocycles. The number of hydrogen-bond acceptors (Lipinski definition) is 6. The number of nitrogens with two attached hydrogens (primary N) is 1. The third kappa shape index (κ3) is 5.17. The van der Waals surface area contributed by atoms with Gasteiger partial charge in [0.05, 0.1) is 11.3 Å². The van der Waals surface area contributed by atoms with Gasteiger partial charge in [0, 0.05) is 25.7 Å². The highest BCUT2D eigenvalue weighted by molar-refractivity contribution is 7.89. The van der Waals surface area contributed by atoms with Gasteiger partial charge in [-0.2, -0.15) is 0 Å². The summed E-state index contributed by atoms with van der Waals surface area (Å²) in [5.41, 5.74) is 5.60. The Morgan fingerprint density at radius 1 is 1.08 bits per heavy atom. The minimum absolute atomic E-state index is 0.0120. The Bertz CT molecular complexity index is 1390. The van der Waals surface area contributed by atoms with Gasteiger partial charge >= 0.3 is 0 Å². The number of guanidine groups is 1. The van der Waals surface area contributed by atoms with Gasteiger partial charge in [-0.05, 0) is 54.5 Å². The second kappa shape index (κ2) is 10.2. The maximum Gasteiger partial charge on any atom is 0.267 e. The van der Waals surface area contributed by atoms with Crippen LogP contribution in [0.4, 0.5) is 0 Å². The van der Waals surface area contributed by atoms with Gasteiger partial charge < -0.3 is 20.9 Å². The second-order valence-electron chi connectivity index (χ2n) is 10.3. The van der Waals surface area contributed by atoms with Crippen molar-refractivity contribution in [1.82, 2.24) is 19.4 Å². The van der Waals surface area contributed by atoms with Crippen LogP contribution in [0.5, 0.6) is 0 Å². The van der Waals surface area contributed by atoms with Crippen LogP contribution in [0.1, 0.15) is 32.1 Å². The van der Waals surface area contributed by atoms with Crippen molar-refractivity contribution in [3.63, 3.8) is 0 Å². The fraction of sp³-hybridized carbons (Fsp3) is 0.462. The van der Waals surface area contributed by atoms with Crippen molar-refractivity contribution >= 4 is 44.5 Å². The zero-order valence-corrected chi connectivity index (χ0v) is 21.8. The van der Waals surface area contributed by atoms with E-state index in [1.165, 1.54) is 17.0 Å². The average Bonchev–Trinajstić information content (AvgIpc) is 3.74. The number of carbonyl (C=O) groups excluding carboxylic acids is 3. The van der Waals surface area contributed by atoms with E-state index < -0.39 is 40.2 Å². The Balaban J connectivity index is 1.37. The van der Waals surface area contributed by atoms with Crippen LogP contribution in [0.2, 0.25) is 0 Å². The Morgan fingerprint density at radius 2 is 1.82 bits per heavy atom. The molecule has 0 unspecified atom stereocenters. The van der Waals surface area contributed by atoms with Gasteiger partial charge in [0.15, 0.2) is 5.96 Å². The van der Waals surface area contributed by atoms with E-state index in [-0.39, 0.29) is 29.4 Å². The van der Waals surface area contributed by atoms with Crippen molar-refractivity contribution < 1.29 is 22.8 Å². The first-order valence-electron chi connectivity index (χ1n) is 12.9. The smallest absolute Gasteiger partial charge is 0.267 e. The van der Waals surface area contributed by atoms with Gasteiger partial charge in [-0.3, -0.25) is 19.8 Å². The fourth-order valence-electron chi connectivity index (χ4n) is 5.32. The van der Waals surface area contributed by atoms with E-state index in [4.69, 9.17) is 11.1 Å². The molecule has 12 heteroatoms. The zero-order chi connectivity index (χ0) is 27.0. The number of nitrogens with zero attached hydrogens (tertiary/aromatic N) is 3. The predicted molar refractivity (Wildman–Crippen MR) is 140 cm³/mol. The van der Waals surface area contributed by atoms with E-state index in [1.807, 2.05) is 12.1 Å². The molecule has 2 atom stereocenters. The Morgan fingerprint density at radius 3 is 2.53 bits per heavy atom. The summed E-state index contributed by atoms with van der Waals surface area (Å²) in [5.74, 6) is -1.69. The van der Waals surface area contributed by atoms with Crippen LogP contribution in [0.15, 0.2) is 47.4 Å². The molecule has 5 rings (SSSR count). The standard InChI is InChI=1S/C26H32N6O5S/c27-26(28)30-11-3-4-17(15-30)14-29-23(33)13-22-25(35)31(20-8-9-20)16-24(34)32(22)38(36,37)21-10-7-18-5-1-2-6-19(18)12-21/h1-2,5-7,10,12,17,20,22H,3-4,8-9,11,13-16H2,(H3,27,28)(H,29,33)/t17-,22-/m0/s1. The normalized spacial score (nSPS) is 22.6. The summed E-state index contributed by atoms with van der Waals surface area (Å²) in [6, 6.07) is 10.3. The first-order valence-corrected chi connectivity index (χ1v) is 14.3. The molecule has 11 nitrogen and oxygen atoms in total. The van der Waals surface area contributed by atoms with Crippen molar-refractivity contribution in [3.05, 3.63) is 42.5 Å². The van der Waals surface area contributed by atoms with Gasteiger partial charge in [0.25, 0.3) is 15.9 Å². The molecule has 3 fully saturated rings. The molecule has 0 spiro atoms. The van der Waals surface area contributed by atoms with Crippen LogP contribution in [0.25, 0.3) is 10.8 Å². The lowest BCUT2D eigenvalue weighted by atomic mass is 9.98. The quantitative estimate of drug-likeness (QED) is 0.347. The molecule has 0 bridgehead atoms. The lowest BCUT2D eigenvalue weighted by Gasteiger charge is -2.39. The molecule has 2 aromatic carbocycles. The predicted octanol–water partition coefficient (Wildman–Crippen LogP) is 0.842. The summed E-state index contributed by atoms with van der Waals surface area (Å²) in [7, 11) is -4.40. The number of likely N-dealkylation sites (tertiary alicyclic amines) is 1. The third-order valence-electron chi connectivity index (χ3n) is 7.49. The molecule has 38 heavy (non-hydrogen) atoms. The number of rotatable bonds is 7. The van der Waals surface area contributed by atoms with E-state index >= 15 is 0 Å². The maximum absolute atomic E-state index is 13.7. The van der Waals surface area contributed by atoms with Crippen LogP contribution in [-0.2, 0) is 24.4 Å². The molecule has 4 N–H and O–H groups in total. The molecule has 2 heterocycles. The largest absolute Gasteiger partial charge is 0.370 e. The highest BCUT2D eigenvalue weighted by atomic mass is 32.2. The van der Waals surface area contributed by atoms with E-state index in [1.54, 1.807) is 23.1 Å². The molecule has 0 aromatic heterocycles. The number of hydrogen-bond donors (Lipinski definition) is 3. The topological polar surface area (TPSA) is 157 Å².